The van der Waals surface area contributed by atoms with Crippen molar-refractivity contribution in [2.24, 2.45) is 0 Å². The molecular weight excluding hydrogens is 370 g/mol. The Kier molecular flexibility index (Phi) is 5.23. The second-order valence-corrected chi connectivity index (χ2v) is 6.29. The molecule has 0 saturated carbocycles. The number of allylic oxidation sites excluding steroid dienone is 1. The Hall–Kier alpha value is -3.19. The summed E-state index contributed by atoms with van der Waals surface area (Å²) >= 11 is 6.28. The second kappa shape index (κ2) is 7.59. The number of halogens is 1. The summed E-state index contributed by atoms with van der Waals surface area (Å²) in [5.74, 6) is -0.465. The van der Waals surface area contributed by atoms with Gasteiger partial charge < -0.3 is 25.8 Å². The molecule has 0 aliphatic carbocycles. The average molecular weight is 388 g/mol. The third-order valence-electron chi connectivity index (χ3n) is 4.19. The van der Waals surface area contributed by atoms with Gasteiger partial charge in [-0.3, -0.25) is 4.79 Å². The molecule has 0 spiro atoms. The van der Waals surface area contributed by atoms with Crippen LogP contribution < -0.4 is 20.7 Å². The van der Waals surface area contributed by atoms with Crippen LogP contribution >= 0.6 is 11.6 Å². The second-order valence-electron chi connectivity index (χ2n) is 5.91. The lowest BCUT2D eigenvalue weighted by molar-refractivity contribution is -0.113. The van der Waals surface area contributed by atoms with Gasteiger partial charge in [-0.25, -0.2) is 4.79 Å². The number of carbonyl (C=O) groups is 2. The predicted molar refractivity (Wildman–Crippen MR) is 102 cm³/mol. The number of amides is 3. The van der Waals surface area contributed by atoms with Gasteiger partial charge in [0.1, 0.15) is 0 Å². The van der Waals surface area contributed by atoms with E-state index in [1.165, 1.54) is 13.2 Å². The first-order valence-corrected chi connectivity index (χ1v) is 8.50. The van der Waals surface area contributed by atoms with Crippen molar-refractivity contribution in [2.75, 3.05) is 12.4 Å². The van der Waals surface area contributed by atoms with E-state index in [1.54, 1.807) is 37.3 Å². The molecule has 0 radical (unpaired) electrons. The summed E-state index contributed by atoms with van der Waals surface area (Å²) in [7, 11) is 1.40. The summed E-state index contributed by atoms with van der Waals surface area (Å²) in [6.07, 6.45) is 0. The minimum absolute atomic E-state index is 0.000592. The van der Waals surface area contributed by atoms with Gasteiger partial charge in [-0.15, -0.1) is 0 Å². The largest absolute Gasteiger partial charge is 0.503 e. The summed E-state index contributed by atoms with van der Waals surface area (Å²) in [5.41, 5.74) is 1.66. The van der Waals surface area contributed by atoms with Crippen molar-refractivity contribution in [2.45, 2.75) is 13.0 Å². The van der Waals surface area contributed by atoms with Gasteiger partial charge in [0.05, 0.1) is 23.7 Å². The van der Waals surface area contributed by atoms with Crippen LogP contribution in [0.15, 0.2) is 53.7 Å². The van der Waals surface area contributed by atoms with Gasteiger partial charge in [0.15, 0.2) is 11.5 Å². The van der Waals surface area contributed by atoms with E-state index in [4.69, 9.17) is 16.3 Å². The molecule has 2 aromatic carbocycles. The maximum absolute atomic E-state index is 12.9. The van der Waals surface area contributed by atoms with Crippen molar-refractivity contribution < 1.29 is 19.4 Å². The standard InChI is InChI=1S/C19H18ClN3O4/c1-10-14(18(25)22-11-6-4-3-5-7-11)16(23-19(26)21-10)12-8-9-13(27-2)17(24)15(12)20/h3-9,16,24H,1-2H3,(H,22,25)(H2,21,23,26)/t16-/m0/s1. The summed E-state index contributed by atoms with van der Waals surface area (Å²) in [5, 5.41) is 18.3. The fourth-order valence-electron chi connectivity index (χ4n) is 2.90. The number of para-hydroxylation sites is 1. The molecule has 0 bridgehead atoms. The number of ether oxygens (including phenoxy) is 1. The van der Waals surface area contributed by atoms with Crippen LogP contribution in [0.25, 0.3) is 0 Å². The number of hydrogen-bond donors (Lipinski definition) is 4. The van der Waals surface area contributed by atoms with E-state index in [-0.39, 0.29) is 22.1 Å². The van der Waals surface area contributed by atoms with Gasteiger partial charge in [0, 0.05) is 16.9 Å². The first-order chi connectivity index (χ1) is 12.9. The van der Waals surface area contributed by atoms with Gasteiger partial charge in [0.25, 0.3) is 5.91 Å². The Morgan fingerprint density at radius 1 is 1.22 bits per heavy atom. The SMILES string of the molecule is COc1ccc([C@@H]2NC(=O)NC(C)=C2C(=O)Nc2ccccc2)c(Cl)c1O. The fourth-order valence-corrected chi connectivity index (χ4v) is 3.16. The molecule has 3 rings (SSSR count). The first kappa shape index (κ1) is 18.6. The average Bonchev–Trinajstić information content (AvgIpc) is 2.64. The summed E-state index contributed by atoms with van der Waals surface area (Å²) in [4.78, 5) is 24.9. The number of anilines is 1. The van der Waals surface area contributed by atoms with Crippen molar-refractivity contribution in [3.05, 3.63) is 64.3 Å². The highest BCUT2D eigenvalue weighted by atomic mass is 35.5. The molecule has 7 nitrogen and oxygen atoms in total. The van der Waals surface area contributed by atoms with Crippen molar-refractivity contribution in [1.82, 2.24) is 10.6 Å². The summed E-state index contributed by atoms with van der Waals surface area (Å²) in [6.45, 7) is 1.63. The topological polar surface area (TPSA) is 99.7 Å². The van der Waals surface area contributed by atoms with Gasteiger partial charge in [0.2, 0.25) is 0 Å². The molecule has 3 amide bonds. The Balaban J connectivity index is 2.02. The molecule has 1 heterocycles. The van der Waals surface area contributed by atoms with Gasteiger partial charge in [-0.05, 0) is 25.1 Å². The van der Waals surface area contributed by atoms with Gasteiger partial charge >= 0.3 is 6.03 Å². The number of urea groups is 1. The van der Waals surface area contributed by atoms with Crippen molar-refractivity contribution in [3.63, 3.8) is 0 Å². The van der Waals surface area contributed by atoms with Crippen molar-refractivity contribution >= 4 is 29.2 Å². The Bertz CT molecular complexity index is 928. The van der Waals surface area contributed by atoms with Gasteiger partial charge in [-0.2, -0.15) is 0 Å². The smallest absolute Gasteiger partial charge is 0.319 e. The molecule has 140 valence electrons. The van der Waals surface area contributed by atoms with E-state index in [1.807, 2.05) is 6.07 Å². The number of hydrogen-bond acceptors (Lipinski definition) is 4. The first-order valence-electron chi connectivity index (χ1n) is 8.12. The van der Waals surface area contributed by atoms with E-state index >= 15 is 0 Å². The van der Waals surface area contributed by atoms with Crippen LogP contribution in [0, 0.1) is 0 Å². The Morgan fingerprint density at radius 3 is 2.59 bits per heavy atom. The number of rotatable bonds is 4. The number of phenols is 1. The third kappa shape index (κ3) is 3.68. The van der Waals surface area contributed by atoms with Crippen LogP contribution in [0.3, 0.4) is 0 Å². The summed E-state index contributed by atoms with van der Waals surface area (Å²) in [6, 6.07) is 10.7. The lowest BCUT2D eigenvalue weighted by Gasteiger charge is -2.29. The molecule has 1 aliphatic rings. The van der Waals surface area contributed by atoms with Crippen LogP contribution in [-0.2, 0) is 4.79 Å². The maximum Gasteiger partial charge on any atom is 0.319 e. The Labute approximate surface area is 161 Å². The van der Waals surface area contributed by atoms with Crippen LogP contribution in [0.2, 0.25) is 5.02 Å². The molecule has 27 heavy (non-hydrogen) atoms. The number of aromatic hydroxyl groups is 1. The lowest BCUT2D eigenvalue weighted by Crippen LogP contribution is -2.46. The molecule has 8 heteroatoms. The molecule has 1 aliphatic heterocycles. The number of phenolic OH excluding ortho intramolecular Hbond substituents is 1. The molecule has 1 atom stereocenters. The number of benzene rings is 2. The van der Waals surface area contributed by atoms with E-state index in [9.17, 15) is 14.7 Å². The monoisotopic (exact) mass is 387 g/mol. The van der Waals surface area contributed by atoms with Crippen molar-refractivity contribution in [3.8, 4) is 11.5 Å². The quantitative estimate of drug-likeness (QED) is 0.646. The van der Waals surface area contributed by atoms with Crippen LogP contribution in [0.1, 0.15) is 18.5 Å². The number of methoxy groups -OCH3 is 1. The molecular formula is C19H18ClN3O4. The summed E-state index contributed by atoms with van der Waals surface area (Å²) < 4.78 is 5.04. The molecule has 0 unspecified atom stereocenters. The van der Waals surface area contributed by atoms with E-state index in [0.29, 0.717) is 16.9 Å². The molecule has 0 aromatic heterocycles. The van der Waals surface area contributed by atoms with Crippen LogP contribution in [0.4, 0.5) is 10.5 Å². The zero-order chi connectivity index (χ0) is 19.6. The normalized spacial score (nSPS) is 16.4. The molecule has 4 N–H and O–H groups in total. The zero-order valence-corrected chi connectivity index (χ0v) is 15.4. The fraction of sp³-hybridized carbons (Fsp3) is 0.158. The van der Waals surface area contributed by atoms with E-state index < -0.39 is 18.0 Å². The minimum atomic E-state index is -0.841. The maximum atomic E-state index is 12.9. The van der Waals surface area contributed by atoms with Crippen LogP contribution in [-0.4, -0.2) is 24.2 Å². The highest BCUT2D eigenvalue weighted by Gasteiger charge is 2.33. The Morgan fingerprint density at radius 2 is 1.93 bits per heavy atom. The van der Waals surface area contributed by atoms with Gasteiger partial charge in [-0.1, -0.05) is 35.9 Å². The predicted octanol–water partition coefficient (Wildman–Crippen LogP) is 3.32. The highest BCUT2D eigenvalue weighted by molar-refractivity contribution is 6.33. The molecule has 0 saturated heterocycles. The lowest BCUT2D eigenvalue weighted by atomic mass is 9.94. The van der Waals surface area contributed by atoms with Crippen LogP contribution in [0.5, 0.6) is 11.5 Å². The van der Waals surface area contributed by atoms with E-state index in [0.717, 1.165) is 0 Å². The van der Waals surface area contributed by atoms with E-state index in [2.05, 4.69) is 16.0 Å². The number of carbonyl (C=O) groups excluding carboxylic acids is 2. The third-order valence-corrected chi connectivity index (χ3v) is 4.58. The van der Waals surface area contributed by atoms with Crippen molar-refractivity contribution in [1.29, 1.82) is 0 Å². The molecule has 0 fully saturated rings. The molecule has 2 aromatic rings. The highest BCUT2D eigenvalue weighted by Crippen LogP contribution is 2.41. The number of nitrogens with one attached hydrogen (secondary N) is 3. The minimum Gasteiger partial charge on any atom is -0.503 e. The zero-order valence-electron chi connectivity index (χ0n) is 14.7.